The molecule has 26 heavy (non-hydrogen) atoms. The molecule has 0 saturated carbocycles. The summed E-state index contributed by atoms with van der Waals surface area (Å²) < 4.78 is 41.7. The molecule has 1 aromatic heterocycles. The van der Waals surface area contributed by atoms with E-state index in [2.05, 4.69) is 14.6 Å². The zero-order chi connectivity index (χ0) is 18.9. The Balaban J connectivity index is 1.83. The van der Waals surface area contributed by atoms with Gasteiger partial charge in [-0.3, -0.25) is 4.72 Å². The highest BCUT2D eigenvalue weighted by Crippen LogP contribution is 2.34. The van der Waals surface area contributed by atoms with Gasteiger partial charge >= 0.3 is 0 Å². The van der Waals surface area contributed by atoms with Crippen LogP contribution >= 0.6 is 22.9 Å². The maximum Gasteiger partial charge on any atom is 0.266 e. The van der Waals surface area contributed by atoms with Crippen molar-refractivity contribution >= 4 is 43.8 Å². The fourth-order valence-electron chi connectivity index (χ4n) is 3.13. The Hall–Kier alpha value is -1.42. The largest absolute Gasteiger partial charge is 0.370 e. The predicted octanol–water partition coefficient (Wildman–Crippen LogP) is 3.12. The van der Waals surface area contributed by atoms with Crippen molar-refractivity contribution in [1.82, 2.24) is 9.88 Å². The monoisotopic (exact) mass is 418 g/mol. The summed E-state index contributed by atoms with van der Waals surface area (Å²) in [5.74, 6) is -0.358. The molecular formula is C16H20ClFN4O2S2. The zero-order valence-corrected chi connectivity index (χ0v) is 16.8. The van der Waals surface area contributed by atoms with Crippen molar-refractivity contribution in [1.29, 1.82) is 0 Å². The van der Waals surface area contributed by atoms with E-state index >= 15 is 0 Å². The van der Waals surface area contributed by atoms with Crippen LogP contribution in [0.3, 0.4) is 0 Å². The summed E-state index contributed by atoms with van der Waals surface area (Å²) in [5.41, 5.74) is 0.527. The highest BCUT2D eigenvalue weighted by molar-refractivity contribution is 7.93. The predicted molar refractivity (Wildman–Crippen MR) is 103 cm³/mol. The first-order valence-corrected chi connectivity index (χ1v) is 10.8. The van der Waals surface area contributed by atoms with Crippen LogP contribution in [0.25, 0.3) is 0 Å². The van der Waals surface area contributed by atoms with Gasteiger partial charge in [0.15, 0.2) is 5.13 Å². The smallest absolute Gasteiger partial charge is 0.266 e. The van der Waals surface area contributed by atoms with E-state index in [-0.39, 0.29) is 10.2 Å². The normalized spacial score (nSPS) is 17.9. The van der Waals surface area contributed by atoms with Crippen molar-refractivity contribution in [2.24, 2.45) is 5.92 Å². The minimum Gasteiger partial charge on any atom is -0.370 e. The Morgan fingerprint density at radius 1 is 1.46 bits per heavy atom. The summed E-state index contributed by atoms with van der Waals surface area (Å²) in [5, 5.41) is 2.02. The third kappa shape index (κ3) is 4.28. The molecule has 2 aromatic rings. The summed E-state index contributed by atoms with van der Waals surface area (Å²) in [4.78, 5) is 7.50. The van der Waals surface area contributed by atoms with Gasteiger partial charge in [-0.15, -0.1) is 11.3 Å². The third-order valence-electron chi connectivity index (χ3n) is 4.19. The fourth-order valence-corrected chi connectivity index (χ4v) is 5.35. The molecule has 2 heterocycles. The van der Waals surface area contributed by atoms with Crippen LogP contribution in [0.4, 0.5) is 15.2 Å². The van der Waals surface area contributed by atoms with E-state index in [1.54, 1.807) is 5.38 Å². The van der Waals surface area contributed by atoms with E-state index in [0.29, 0.717) is 11.6 Å². The van der Waals surface area contributed by atoms with Crippen molar-refractivity contribution in [2.75, 3.05) is 43.4 Å². The van der Waals surface area contributed by atoms with Crippen LogP contribution in [0, 0.1) is 11.7 Å². The number of thiazole rings is 1. The van der Waals surface area contributed by atoms with Crippen molar-refractivity contribution in [2.45, 2.75) is 11.3 Å². The molecule has 0 bridgehead atoms. The lowest BCUT2D eigenvalue weighted by atomic mass is 10.1. The maximum atomic E-state index is 14.6. The molecular weight excluding hydrogens is 399 g/mol. The minimum atomic E-state index is -4.09. The van der Waals surface area contributed by atoms with Gasteiger partial charge < -0.3 is 9.80 Å². The lowest BCUT2D eigenvalue weighted by Crippen LogP contribution is -2.26. The Kier molecular flexibility index (Phi) is 5.71. The SMILES string of the molecule is CN(C)C[C@@H]1CCN(c2cc(F)c(S(=O)(=O)Nc3nccs3)cc2Cl)C1. The standard InChI is InChI=1S/C16H20ClFN4O2S2/c1-21(2)9-11-3-5-22(10-11)14-8-13(18)15(7-12(14)17)26(23,24)20-16-19-4-6-25-16/h4,6-8,11H,3,5,9-10H2,1-2H3,(H,19,20)/t11-/m0/s1. The molecule has 0 aliphatic carbocycles. The van der Waals surface area contributed by atoms with E-state index in [1.807, 2.05) is 19.0 Å². The van der Waals surface area contributed by atoms with Crippen LogP contribution < -0.4 is 9.62 Å². The number of anilines is 2. The summed E-state index contributed by atoms with van der Waals surface area (Å²) in [6.45, 7) is 2.47. The molecule has 1 aliphatic heterocycles. The molecule has 1 atom stereocenters. The molecule has 0 amide bonds. The molecule has 142 valence electrons. The molecule has 1 fully saturated rings. The molecule has 0 radical (unpaired) electrons. The summed E-state index contributed by atoms with van der Waals surface area (Å²) in [6, 6.07) is 2.37. The maximum absolute atomic E-state index is 14.6. The van der Waals surface area contributed by atoms with Crippen LogP contribution in [0.15, 0.2) is 28.6 Å². The molecule has 1 N–H and O–H groups in total. The Labute approximate surface area is 161 Å². The minimum absolute atomic E-state index is 0.177. The third-order valence-corrected chi connectivity index (χ3v) is 6.67. The molecule has 3 rings (SSSR count). The van der Waals surface area contributed by atoms with Crippen molar-refractivity contribution in [3.63, 3.8) is 0 Å². The van der Waals surface area contributed by atoms with E-state index in [9.17, 15) is 12.8 Å². The molecule has 6 nitrogen and oxygen atoms in total. The summed E-state index contributed by atoms with van der Waals surface area (Å²) in [7, 11) is -0.0535. The van der Waals surface area contributed by atoms with E-state index in [4.69, 9.17) is 11.6 Å². The van der Waals surface area contributed by atoms with Crippen LogP contribution in [0.5, 0.6) is 0 Å². The Morgan fingerprint density at radius 3 is 2.88 bits per heavy atom. The topological polar surface area (TPSA) is 65.5 Å². The van der Waals surface area contributed by atoms with Crippen molar-refractivity contribution < 1.29 is 12.8 Å². The van der Waals surface area contributed by atoms with Gasteiger partial charge in [0.2, 0.25) is 0 Å². The van der Waals surface area contributed by atoms with Crippen molar-refractivity contribution in [3.8, 4) is 0 Å². The van der Waals surface area contributed by atoms with Gasteiger partial charge in [0.1, 0.15) is 10.7 Å². The number of aromatic nitrogens is 1. The average molecular weight is 419 g/mol. The highest BCUT2D eigenvalue weighted by Gasteiger charge is 2.28. The highest BCUT2D eigenvalue weighted by atomic mass is 35.5. The number of sulfonamides is 1. The quantitative estimate of drug-likeness (QED) is 0.780. The lowest BCUT2D eigenvalue weighted by molar-refractivity contribution is 0.340. The van der Waals surface area contributed by atoms with E-state index in [0.717, 1.165) is 37.4 Å². The second-order valence-electron chi connectivity index (χ2n) is 6.54. The van der Waals surface area contributed by atoms with Crippen molar-refractivity contribution in [3.05, 3.63) is 34.5 Å². The van der Waals surface area contributed by atoms with Crippen LogP contribution in [0.2, 0.25) is 5.02 Å². The zero-order valence-electron chi connectivity index (χ0n) is 14.4. The number of nitrogens with zero attached hydrogens (tertiary/aromatic N) is 3. The molecule has 1 aromatic carbocycles. The first-order chi connectivity index (χ1) is 12.3. The van der Waals surface area contributed by atoms with Crippen LogP contribution in [-0.4, -0.2) is 52.0 Å². The molecule has 1 saturated heterocycles. The van der Waals surface area contributed by atoms with Gasteiger partial charge in [-0.2, -0.15) is 0 Å². The van der Waals surface area contributed by atoms with Gasteiger partial charge in [-0.1, -0.05) is 11.6 Å². The van der Waals surface area contributed by atoms with E-state index < -0.39 is 20.7 Å². The Morgan fingerprint density at radius 2 is 2.23 bits per heavy atom. The first kappa shape index (κ1) is 19.3. The second kappa shape index (κ2) is 7.67. The van der Waals surface area contributed by atoms with Gasteiger partial charge in [0, 0.05) is 37.3 Å². The average Bonchev–Trinajstić information content (AvgIpc) is 3.20. The number of hydrogen-bond donors (Lipinski definition) is 1. The van der Waals surface area contributed by atoms with Gasteiger partial charge in [0.25, 0.3) is 10.0 Å². The molecule has 0 spiro atoms. The number of hydrogen-bond acceptors (Lipinski definition) is 6. The summed E-state index contributed by atoms with van der Waals surface area (Å²) >= 11 is 7.41. The number of nitrogens with one attached hydrogen (secondary N) is 1. The molecule has 10 heteroatoms. The van der Waals surface area contributed by atoms with Gasteiger partial charge in [0.05, 0.1) is 10.7 Å². The van der Waals surface area contributed by atoms with Crippen LogP contribution in [0.1, 0.15) is 6.42 Å². The first-order valence-electron chi connectivity index (χ1n) is 8.07. The molecule has 1 aliphatic rings. The Bertz CT molecular complexity index is 875. The number of benzene rings is 1. The fraction of sp³-hybridized carbons (Fsp3) is 0.438. The second-order valence-corrected chi connectivity index (χ2v) is 9.49. The van der Waals surface area contributed by atoms with Gasteiger partial charge in [-0.25, -0.2) is 17.8 Å². The van der Waals surface area contributed by atoms with E-state index in [1.165, 1.54) is 18.3 Å². The summed E-state index contributed by atoms with van der Waals surface area (Å²) in [6.07, 6.45) is 2.45. The number of halogens is 2. The molecule has 0 unspecified atom stereocenters. The van der Waals surface area contributed by atoms with Gasteiger partial charge in [-0.05, 0) is 32.5 Å². The lowest BCUT2D eigenvalue weighted by Gasteiger charge is -2.22. The number of rotatable bonds is 6. The van der Waals surface area contributed by atoms with Crippen LogP contribution in [-0.2, 0) is 10.0 Å².